The van der Waals surface area contributed by atoms with Crippen LogP contribution in [-0.4, -0.2) is 43.0 Å². The van der Waals surface area contributed by atoms with Gasteiger partial charge in [0.2, 0.25) is 5.91 Å². The van der Waals surface area contributed by atoms with E-state index >= 15 is 0 Å². The van der Waals surface area contributed by atoms with E-state index in [1.807, 2.05) is 53.2 Å². The smallest absolute Gasteiger partial charge is 0.234 e. The van der Waals surface area contributed by atoms with Gasteiger partial charge in [-0.3, -0.25) is 9.20 Å². The van der Waals surface area contributed by atoms with E-state index in [-0.39, 0.29) is 11.7 Å². The third-order valence-electron chi connectivity index (χ3n) is 4.82. The van der Waals surface area contributed by atoms with Crippen LogP contribution in [0, 0.1) is 0 Å². The van der Waals surface area contributed by atoms with Crippen LogP contribution in [0.5, 0.6) is 5.75 Å². The fourth-order valence-electron chi connectivity index (χ4n) is 3.31. The van der Waals surface area contributed by atoms with E-state index in [0.29, 0.717) is 27.3 Å². The Morgan fingerprint density at radius 2 is 1.97 bits per heavy atom. The molecule has 0 radical (unpaired) electrons. The number of halogens is 1. The molecule has 3 aromatic heterocycles. The van der Waals surface area contributed by atoms with Gasteiger partial charge in [0, 0.05) is 23.6 Å². The number of hydrogen-bond acceptors (Lipinski definition) is 6. The Kier molecular flexibility index (Phi) is 5.42. The van der Waals surface area contributed by atoms with Crippen LogP contribution in [-0.2, 0) is 4.79 Å². The molecule has 5 aromatic rings. The Hall–Kier alpha value is -3.56. The Morgan fingerprint density at radius 1 is 1.12 bits per heavy atom. The first-order valence-electron chi connectivity index (χ1n) is 9.67. The summed E-state index contributed by atoms with van der Waals surface area (Å²) in [7, 11) is 1.54. The topological polar surface area (TPSA) is 85.8 Å². The van der Waals surface area contributed by atoms with Crippen LogP contribution in [0.3, 0.4) is 0 Å². The average molecular weight is 465 g/mol. The van der Waals surface area contributed by atoms with E-state index in [0.717, 1.165) is 16.8 Å². The van der Waals surface area contributed by atoms with Crippen LogP contribution in [0.15, 0.2) is 72.1 Å². The maximum Gasteiger partial charge on any atom is 0.234 e. The number of anilines is 1. The quantitative estimate of drug-likeness (QED) is 0.374. The van der Waals surface area contributed by atoms with Gasteiger partial charge in [0.1, 0.15) is 11.3 Å². The van der Waals surface area contributed by atoms with Gasteiger partial charge in [-0.25, -0.2) is 4.52 Å². The number of rotatable bonds is 6. The van der Waals surface area contributed by atoms with Gasteiger partial charge < -0.3 is 10.1 Å². The number of amides is 1. The van der Waals surface area contributed by atoms with Crippen LogP contribution in [0.1, 0.15) is 0 Å². The summed E-state index contributed by atoms with van der Waals surface area (Å²) in [6.45, 7) is 0. The lowest BCUT2D eigenvalue weighted by molar-refractivity contribution is -0.113. The van der Waals surface area contributed by atoms with E-state index < -0.39 is 0 Å². The van der Waals surface area contributed by atoms with Gasteiger partial charge in [-0.05, 0) is 24.3 Å². The van der Waals surface area contributed by atoms with E-state index in [2.05, 4.69) is 20.6 Å². The van der Waals surface area contributed by atoms with Gasteiger partial charge in [-0.2, -0.15) is 5.10 Å². The summed E-state index contributed by atoms with van der Waals surface area (Å²) >= 11 is 7.41. The van der Waals surface area contributed by atoms with Crippen LogP contribution in [0.25, 0.3) is 22.4 Å². The largest absolute Gasteiger partial charge is 0.495 e. The number of benzene rings is 2. The van der Waals surface area contributed by atoms with Gasteiger partial charge in [-0.15, -0.1) is 10.2 Å². The monoisotopic (exact) mass is 464 g/mol. The lowest BCUT2D eigenvalue weighted by Gasteiger charge is -2.07. The van der Waals surface area contributed by atoms with E-state index in [1.54, 1.807) is 29.8 Å². The minimum Gasteiger partial charge on any atom is -0.495 e. The zero-order valence-electron chi connectivity index (χ0n) is 16.9. The summed E-state index contributed by atoms with van der Waals surface area (Å²) in [6.07, 6.45) is 3.69. The van der Waals surface area contributed by atoms with Crippen LogP contribution in [0.2, 0.25) is 5.02 Å². The van der Waals surface area contributed by atoms with Crippen molar-refractivity contribution in [2.45, 2.75) is 5.16 Å². The second kappa shape index (κ2) is 8.52. The first-order chi connectivity index (χ1) is 15.6. The third kappa shape index (κ3) is 3.88. The molecular weight excluding hydrogens is 448 g/mol. The highest BCUT2D eigenvalue weighted by molar-refractivity contribution is 7.99. The van der Waals surface area contributed by atoms with Crippen molar-refractivity contribution in [3.63, 3.8) is 0 Å². The fourth-order valence-corrected chi connectivity index (χ4v) is 4.29. The number of nitrogens with zero attached hydrogens (tertiary/aromatic N) is 5. The fraction of sp³-hybridized carbons (Fsp3) is 0.0909. The molecule has 0 aliphatic rings. The maximum absolute atomic E-state index is 12.4. The maximum atomic E-state index is 12.4. The molecule has 0 unspecified atom stereocenters. The first-order valence-corrected chi connectivity index (χ1v) is 11.0. The number of aromatic nitrogens is 5. The molecule has 0 saturated heterocycles. The Bertz CT molecular complexity index is 1430. The van der Waals surface area contributed by atoms with Gasteiger partial charge in [-0.1, -0.05) is 53.7 Å². The number of ether oxygens (including phenoxy) is 1. The van der Waals surface area contributed by atoms with E-state index in [9.17, 15) is 4.79 Å². The van der Waals surface area contributed by atoms with E-state index in [1.165, 1.54) is 11.8 Å². The van der Waals surface area contributed by atoms with Gasteiger partial charge in [0.15, 0.2) is 10.8 Å². The third-order valence-corrected chi connectivity index (χ3v) is 6.06. The molecule has 0 bridgehead atoms. The molecule has 1 N–H and O–H groups in total. The lowest BCUT2D eigenvalue weighted by atomic mass is 10.1. The number of carbonyl (C=O) groups is 1. The van der Waals surface area contributed by atoms with Crippen LogP contribution in [0.4, 0.5) is 5.69 Å². The Balaban J connectivity index is 1.33. The molecule has 8 nitrogen and oxygen atoms in total. The highest BCUT2D eigenvalue weighted by Crippen LogP contribution is 2.28. The Labute approximate surface area is 192 Å². The summed E-state index contributed by atoms with van der Waals surface area (Å²) in [4.78, 5) is 12.4. The number of nitrogens with one attached hydrogen (secondary N) is 1. The van der Waals surface area contributed by atoms with Crippen molar-refractivity contribution in [2.24, 2.45) is 0 Å². The van der Waals surface area contributed by atoms with Gasteiger partial charge in [0.25, 0.3) is 0 Å². The highest BCUT2D eigenvalue weighted by atomic mass is 35.5. The Morgan fingerprint density at radius 3 is 2.75 bits per heavy atom. The van der Waals surface area contributed by atoms with Crippen molar-refractivity contribution in [3.05, 3.63) is 72.0 Å². The molecule has 32 heavy (non-hydrogen) atoms. The molecule has 2 aromatic carbocycles. The molecule has 1 amide bonds. The molecule has 0 aliphatic carbocycles. The number of hydrogen-bond donors (Lipinski definition) is 1. The first kappa shape index (κ1) is 20.3. The molecule has 0 aliphatic heterocycles. The molecule has 0 atom stereocenters. The normalized spacial score (nSPS) is 11.2. The van der Waals surface area contributed by atoms with Crippen molar-refractivity contribution < 1.29 is 9.53 Å². The van der Waals surface area contributed by atoms with E-state index in [4.69, 9.17) is 16.3 Å². The van der Waals surface area contributed by atoms with Crippen molar-refractivity contribution in [1.29, 1.82) is 0 Å². The number of thioether (sulfide) groups is 1. The number of fused-ring (bicyclic) bond motifs is 3. The SMILES string of the molecule is COc1ccc(NC(=O)CSc2nnc3c4cc(-c5ccccc5)nn4ccn23)cc1Cl. The summed E-state index contributed by atoms with van der Waals surface area (Å²) in [5, 5.41) is 17.1. The molecule has 0 saturated carbocycles. The lowest BCUT2D eigenvalue weighted by Crippen LogP contribution is -2.14. The minimum atomic E-state index is -0.176. The highest BCUT2D eigenvalue weighted by Gasteiger charge is 2.14. The molecule has 0 fully saturated rings. The van der Waals surface area contributed by atoms with Crippen molar-refractivity contribution in [1.82, 2.24) is 24.2 Å². The molecule has 160 valence electrons. The van der Waals surface area contributed by atoms with Crippen molar-refractivity contribution in [3.8, 4) is 17.0 Å². The van der Waals surface area contributed by atoms with Gasteiger partial charge in [0.05, 0.1) is 23.6 Å². The van der Waals surface area contributed by atoms with Gasteiger partial charge >= 0.3 is 0 Å². The zero-order chi connectivity index (χ0) is 22.1. The summed E-state index contributed by atoms with van der Waals surface area (Å²) in [5.74, 6) is 0.546. The second-order valence-electron chi connectivity index (χ2n) is 6.89. The molecular formula is C22H17ClN6O2S. The van der Waals surface area contributed by atoms with Crippen molar-refractivity contribution in [2.75, 3.05) is 18.2 Å². The predicted molar refractivity (Wildman–Crippen MR) is 125 cm³/mol. The molecule has 0 spiro atoms. The van der Waals surface area contributed by atoms with Crippen molar-refractivity contribution >= 4 is 46.1 Å². The summed E-state index contributed by atoms with van der Waals surface area (Å²) in [6, 6.07) is 17.0. The van der Waals surface area contributed by atoms with Crippen LogP contribution < -0.4 is 10.1 Å². The molecule has 5 rings (SSSR count). The molecule has 3 heterocycles. The standard InChI is InChI=1S/C22H17ClN6O2S/c1-31-19-8-7-15(11-16(19)23)24-20(30)13-32-22-26-25-21-18-12-17(14-5-3-2-4-6-14)27-29(18)10-9-28(21)22/h2-12H,13H2,1H3,(H,24,30). The predicted octanol–water partition coefficient (Wildman–Crippen LogP) is 4.44. The molecule has 10 heteroatoms. The minimum absolute atomic E-state index is 0.171. The van der Waals surface area contributed by atoms with Crippen LogP contribution >= 0.6 is 23.4 Å². The second-order valence-corrected chi connectivity index (χ2v) is 8.24. The average Bonchev–Trinajstić information content (AvgIpc) is 3.42. The number of methoxy groups -OCH3 is 1. The summed E-state index contributed by atoms with van der Waals surface area (Å²) in [5.41, 5.74) is 3.99. The zero-order valence-corrected chi connectivity index (χ0v) is 18.5. The summed E-state index contributed by atoms with van der Waals surface area (Å²) < 4.78 is 8.76. The number of carbonyl (C=O) groups excluding carboxylic acids is 1.